The van der Waals surface area contributed by atoms with E-state index in [2.05, 4.69) is 0 Å². The molecule has 24 heavy (non-hydrogen) atoms. The minimum Gasteiger partial charge on any atom is -0.296 e. The van der Waals surface area contributed by atoms with Crippen LogP contribution in [0.25, 0.3) is 16.9 Å². The average Bonchev–Trinajstić information content (AvgIpc) is 3.01. The third-order valence-electron chi connectivity index (χ3n) is 4.06. The van der Waals surface area contributed by atoms with E-state index in [9.17, 15) is 4.79 Å². The molecule has 3 heteroatoms. The number of aromatic nitrogens is 2. The topological polar surface area (TPSA) is 34.4 Å². The molecule has 0 aliphatic carbocycles. The minimum atomic E-state index is -0.0208. The number of ketones is 1. The van der Waals surface area contributed by atoms with Gasteiger partial charge in [0.1, 0.15) is 17.0 Å². The first kappa shape index (κ1) is 14.4. The lowest BCUT2D eigenvalue weighted by Gasteiger charge is -2.05. The third kappa shape index (κ3) is 2.40. The standard InChI is InChI=1S/C21H16N2O/c1-15-12-13-18-22-19(16-8-4-2-5-9-16)20(23(18)14-15)21(24)17-10-6-3-7-11-17/h2-14H,1H3. The van der Waals surface area contributed by atoms with Crippen LogP contribution < -0.4 is 0 Å². The maximum Gasteiger partial charge on any atom is 0.212 e. The normalized spacial score (nSPS) is 10.9. The number of rotatable bonds is 3. The fourth-order valence-electron chi connectivity index (χ4n) is 2.89. The number of hydrogen-bond donors (Lipinski definition) is 0. The summed E-state index contributed by atoms with van der Waals surface area (Å²) in [7, 11) is 0. The molecule has 0 radical (unpaired) electrons. The van der Waals surface area contributed by atoms with Gasteiger partial charge in [0.15, 0.2) is 0 Å². The highest BCUT2D eigenvalue weighted by Gasteiger charge is 2.21. The lowest BCUT2D eigenvalue weighted by Crippen LogP contribution is -2.07. The fourth-order valence-corrected chi connectivity index (χ4v) is 2.89. The molecule has 0 bridgehead atoms. The van der Waals surface area contributed by atoms with Crippen LogP contribution in [0.5, 0.6) is 0 Å². The van der Waals surface area contributed by atoms with Crippen molar-refractivity contribution in [3.63, 3.8) is 0 Å². The van der Waals surface area contributed by atoms with Crippen molar-refractivity contribution in [1.82, 2.24) is 9.38 Å². The van der Waals surface area contributed by atoms with Gasteiger partial charge in [-0.15, -0.1) is 0 Å². The van der Waals surface area contributed by atoms with Crippen molar-refractivity contribution in [1.29, 1.82) is 0 Å². The van der Waals surface area contributed by atoms with Gasteiger partial charge in [-0.25, -0.2) is 4.98 Å². The molecule has 0 fully saturated rings. The Bertz CT molecular complexity index is 1020. The van der Waals surface area contributed by atoms with E-state index in [1.807, 2.05) is 90.3 Å². The Morgan fingerprint density at radius 3 is 2.25 bits per heavy atom. The van der Waals surface area contributed by atoms with Crippen LogP contribution in [-0.4, -0.2) is 15.2 Å². The van der Waals surface area contributed by atoms with E-state index in [-0.39, 0.29) is 5.78 Å². The van der Waals surface area contributed by atoms with E-state index in [0.717, 1.165) is 22.5 Å². The highest BCUT2D eigenvalue weighted by molar-refractivity contribution is 6.11. The van der Waals surface area contributed by atoms with Crippen LogP contribution in [0.2, 0.25) is 0 Å². The van der Waals surface area contributed by atoms with Crippen molar-refractivity contribution in [3.8, 4) is 11.3 Å². The van der Waals surface area contributed by atoms with Crippen LogP contribution in [0, 0.1) is 6.92 Å². The van der Waals surface area contributed by atoms with Crippen LogP contribution in [0.3, 0.4) is 0 Å². The molecular weight excluding hydrogens is 296 g/mol. The van der Waals surface area contributed by atoms with Gasteiger partial charge in [0.25, 0.3) is 0 Å². The van der Waals surface area contributed by atoms with Gasteiger partial charge >= 0.3 is 0 Å². The van der Waals surface area contributed by atoms with Gasteiger partial charge in [-0.3, -0.25) is 9.20 Å². The number of aryl methyl sites for hydroxylation is 1. The molecule has 4 rings (SSSR count). The first-order chi connectivity index (χ1) is 11.7. The molecule has 0 spiro atoms. The van der Waals surface area contributed by atoms with E-state index < -0.39 is 0 Å². The molecule has 0 N–H and O–H groups in total. The quantitative estimate of drug-likeness (QED) is 0.520. The summed E-state index contributed by atoms with van der Waals surface area (Å²) in [5.74, 6) is -0.0208. The van der Waals surface area contributed by atoms with Crippen LogP contribution in [0.4, 0.5) is 0 Å². The zero-order chi connectivity index (χ0) is 16.5. The summed E-state index contributed by atoms with van der Waals surface area (Å²) in [6.45, 7) is 2.01. The molecule has 2 aromatic carbocycles. The number of imidazole rings is 1. The molecular formula is C21H16N2O. The number of benzene rings is 2. The summed E-state index contributed by atoms with van der Waals surface area (Å²) >= 11 is 0. The molecule has 0 atom stereocenters. The molecule has 0 saturated heterocycles. The summed E-state index contributed by atoms with van der Waals surface area (Å²) in [5, 5.41) is 0. The van der Waals surface area contributed by atoms with Crippen molar-refractivity contribution in [2.75, 3.05) is 0 Å². The van der Waals surface area contributed by atoms with Gasteiger partial charge in [0.2, 0.25) is 5.78 Å². The molecule has 2 aromatic heterocycles. The number of nitrogens with zero attached hydrogens (tertiary/aromatic N) is 2. The van der Waals surface area contributed by atoms with Crippen molar-refractivity contribution in [2.45, 2.75) is 6.92 Å². The van der Waals surface area contributed by atoms with Gasteiger partial charge in [0, 0.05) is 17.3 Å². The predicted octanol–water partition coefficient (Wildman–Crippen LogP) is 4.54. The molecule has 0 unspecified atom stereocenters. The average molecular weight is 312 g/mol. The number of pyridine rings is 1. The summed E-state index contributed by atoms with van der Waals surface area (Å²) in [5.41, 5.74) is 4.79. The molecule has 2 heterocycles. The molecule has 0 amide bonds. The Labute approximate surface area is 140 Å². The molecule has 0 saturated carbocycles. The summed E-state index contributed by atoms with van der Waals surface area (Å²) in [6.07, 6.45) is 1.96. The first-order valence-corrected chi connectivity index (χ1v) is 7.88. The van der Waals surface area contributed by atoms with E-state index in [0.29, 0.717) is 11.3 Å². The number of hydrogen-bond acceptors (Lipinski definition) is 2. The second kappa shape index (κ2) is 5.78. The van der Waals surface area contributed by atoms with Crippen LogP contribution in [0.15, 0.2) is 79.0 Å². The Morgan fingerprint density at radius 2 is 1.54 bits per heavy atom. The van der Waals surface area contributed by atoms with E-state index in [4.69, 9.17) is 4.98 Å². The maximum atomic E-state index is 13.2. The number of fused-ring (bicyclic) bond motifs is 1. The van der Waals surface area contributed by atoms with Gasteiger partial charge in [-0.05, 0) is 18.6 Å². The number of carbonyl (C=O) groups excluding carboxylic acids is 1. The summed E-state index contributed by atoms with van der Waals surface area (Å²) < 4.78 is 1.90. The van der Waals surface area contributed by atoms with Gasteiger partial charge in [0.05, 0.1) is 0 Å². The largest absolute Gasteiger partial charge is 0.296 e. The van der Waals surface area contributed by atoms with E-state index in [1.165, 1.54) is 0 Å². The molecule has 0 aliphatic heterocycles. The lowest BCUT2D eigenvalue weighted by molar-refractivity contribution is 0.103. The summed E-state index contributed by atoms with van der Waals surface area (Å²) in [4.78, 5) is 17.9. The van der Waals surface area contributed by atoms with Crippen LogP contribution in [0.1, 0.15) is 21.6 Å². The van der Waals surface area contributed by atoms with Gasteiger partial charge < -0.3 is 0 Å². The summed E-state index contributed by atoms with van der Waals surface area (Å²) in [6, 6.07) is 23.1. The van der Waals surface area contributed by atoms with Gasteiger partial charge in [-0.1, -0.05) is 66.7 Å². The molecule has 4 aromatic rings. The zero-order valence-corrected chi connectivity index (χ0v) is 13.3. The van der Waals surface area contributed by atoms with Crippen molar-refractivity contribution >= 4 is 11.4 Å². The van der Waals surface area contributed by atoms with Crippen molar-refractivity contribution in [3.05, 3.63) is 95.8 Å². The van der Waals surface area contributed by atoms with Crippen LogP contribution >= 0.6 is 0 Å². The molecule has 0 aliphatic rings. The Hall–Kier alpha value is -3.20. The maximum absolute atomic E-state index is 13.2. The van der Waals surface area contributed by atoms with Crippen molar-refractivity contribution < 1.29 is 4.79 Å². The highest BCUT2D eigenvalue weighted by Crippen LogP contribution is 2.26. The molecule has 116 valence electrons. The Kier molecular flexibility index (Phi) is 3.47. The zero-order valence-electron chi connectivity index (χ0n) is 13.3. The number of carbonyl (C=O) groups is 1. The van der Waals surface area contributed by atoms with E-state index >= 15 is 0 Å². The lowest BCUT2D eigenvalue weighted by atomic mass is 10.0. The first-order valence-electron chi connectivity index (χ1n) is 7.88. The smallest absolute Gasteiger partial charge is 0.212 e. The predicted molar refractivity (Wildman–Crippen MR) is 95.2 cm³/mol. The highest BCUT2D eigenvalue weighted by atomic mass is 16.1. The Morgan fingerprint density at radius 1 is 0.875 bits per heavy atom. The Balaban J connectivity index is 2.01. The SMILES string of the molecule is Cc1ccc2nc(-c3ccccc3)c(C(=O)c3ccccc3)n2c1. The second-order valence-electron chi connectivity index (χ2n) is 5.80. The molecule has 3 nitrogen and oxygen atoms in total. The minimum absolute atomic E-state index is 0.0208. The fraction of sp³-hybridized carbons (Fsp3) is 0.0476. The second-order valence-corrected chi connectivity index (χ2v) is 5.80. The van der Waals surface area contributed by atoms with Crippen molar-refractivity contribution in [2.24, 2.45) is 0 Å². The van der Waals surface area contributed by atoms with Gasteiger partial charge in [-0.2, -0.15) is 0 Å². The third-order valence-corrected chi connectivity index (χ3v) is 4.06. The van der Waals surface area contributed by atoms with Crippen LogP contribution in [-0.2, 0) is 0 Å². The monoisotopic (exact) mass is 312 g/mol. The van der Waals surface area contributed by atoms with E-state index in [1.54, 1.807) is 0 Å².